The van der Waals surface area contributed by atoms with Gasteiger partial charge >= 0.3 is 0 Å². The summed E-state index contributed by atoms with van der Waals surface area (Å²) in [5.74, 6) is 2.76. The van der Waals surface area contributed by atoms with Gasteiger partial charge in [0.25, 0.3) is 0 Å². The van der Waals surface area contributed by atoms with Crippen LogP contribution in [0.1, 0.15) is 19.4 Å². The van der Waals surface area contributed by atoms with Crippen LogP contribution in [0.25, 0.3) is 0 Å². The zero-order chi connectivity index (χ0) is 22.2. The van der Waals surface area contributed by atoms with Crippen molar-refractivity contribution in [2.24, 2.45) is 4.99 Å². The van der Waals surface area contributed by atoms with Crippen LogP contribution in [0.5, 0.6) is 11.5 Å². The summed E-state index contributed by atoms with van der Waals surface area (Å²) in [6.07, 6.45) is 0. The number of nitrogens with one attached hydrogen (secondary N) is 1. The molecule has 0 bridgehead atoms. The lowest BCUT2D eigenvalue weighted by Crippen LogP contribution is -2.55. The van der Waals surface area contributed by atoms with Crippen molar-refractivity contribution in [3.63, 3.8) is 0 Å². The van der Waals surface area contributed by atoms with Crippen LogP contribution < -0.4 is 14.8 Å². The Balaban J connectivity index is 0.00000363. The summed E-state index contributed by atoms with van der Waals surface area (Å²) in [7, 11) is 5.29. The molecule has 2 heterocycles. The second-order valence-electron chi connectivity index (χ2n) is 8.38. The molecule has 0 amide bonds. The number of hydrogen-bond donors (Lipinski definition) is 1. The number of halogens is 1. The first-order valence-corrected chi connectivity index (χ1v) is 11.3. The van der Waals surface area contributed by atoms with E-state index in [1.165, 1.54) is 0 Å². The number of morpholine rings is 1. The highest BCUT2D eigenvalue weighted by molar-refractivity contribution is 14.0. The molecule has 2 aliphatic heterocycles. The summed E-state index contributed by atoms with van der Waals surface area (Å²) < 4.78 is 16.5. The van der Waals surface area contributed by atoms with Gasteiger partial charge in [0.2, 0.25) is 0 Å². The molecule has 0 aliphatic carbocycles. The Kier molecular flexibility index (Phi) is 11.3. The van der Waals surface area contributed by atoms with Gasteiger partial charge < -0.3 is 24.4 Å². The average molecular weight is 562 g/mol. The lowest BCUT2D eigenvalue weighted by atomic mass is 10.1. The summed E-state index contributed by atoms with van der Waals surface area (Å²) >= 11 is 0. The summed E-state index contributed by atoms with van der Waals surface area (Å²) in [5, 5.41) is 3.59. The molecule has 32 heavy (non-hydrogen) atoms. The number of piperazine rings is 1. The van der Waals surface area contributed by atoms with E-state index < -0.39 is 0 Å². The number of guanidine groups is 1. The molecule has 0 radical (unpaired) electrons. The van der Waals surface area contributed by atoms with Gasteiger partial charge in [-0.25, -0.2) is 0 Å². The van der Waals surface area contributed by atoms with E-state index in [-0.39, 0.29) is 24.0 Å². The molecule has 9 heteroatoms. The van der Waals surface area contributed by atoms with Crippen molar-refractivity contribution in [2.75, 3.05) is 73.7 Å². The van der Waals surface area contributed by atoms with E-state index in [0.717, 1.165) is 82.0 Å². The maximum atomic E-state index is 5.57. The van der Waals surface area contributed by atoms with Gasteiger partial charge in [-0.2, -0.15) is 0 Å². The Morgan fingerprint density at radius 2 is 1.94 bits per heavy atom. The van der Waals surface area contributed by atoms with Gasteiger partial charge in [-0.1, -0.05) is 0 Å². The number of nitrogens with zero attached hydrogens (tertiary/aromatic N) is 4. The zero-order valence-corrected chi connectivity index (χ0v) is 22.5. The third-order valence-corrected chi connectivity index (χ3v) is 6.31. The van der Waals surface area contributed by atoms with Gasteiger partial charge in [0.1, 0.15) is 11.5 Å². The fourth-order valence-corrected chi connectivity index (χ4v) is 4.45. The SMILES string of the molecule is CN=C(NCC(C)N1CCOCC1C)N1CCN(Cc2cc(OC)ccc2OC)CC1.I. The lowest BCUT2D eigenvalue weighted by Gasteiger charge is -2.39. The van der Waals surface area contributed by atoms with Crippen LogP contribution in [-0.2, 0) is 11.3 Å². The first kappa shape index (κ1) is 26.9. The van der Waals surface area contributed by atoms with E-state index in [9.17, 15) is 0 Å². The molecule has 182 valence electrons. The maximum absolute atomic E-state index is 5.57. The van der Waals surface area contributed by atoms with Gasteiger partial charge in [0.15, 0.2) is 5.96 Å². The number of aliphatic imine (C=N–C) groups is 1. The van der Waals surface area contributed by atoms with Crippen molar-refractivity contribution in [3.05, 3.63) is 23.8 Å². The lowest BCUT2D eigenvalue weighted by molar-refractivity contribution is -0.0175. The van der Waals surface area contributed by atoms with Crippen LogP contribution in [0.4, 0.5) is 0 Å². The van der Waals surface area contributed by atoms with Gasteiger partial charge in [0.05, 0.1) is 27.4 Å². The summed E-state index contributed by atoms with van der Waals surface area (Å²) in [4.78, 5) is 11.9. The van der Waals surface area contributed by atoms with Crippen molar-refractivity contribution in [1.29, 1.82) is 0 Å². The highest BCUT2D eigenvalue weighted by Gasteiger charge is 2.25. The molecule has 0 saturated carbocycles. The summed E-state index contributed by atoms with van der Waals surface area (Å²) in [5.41, 5.74) is 1.16. The Morgan fingerprint density at radius 3 is 2.56 bits per heavy atom. The van der Waals surface area contributed by atoms with Crippen LogP contribution in [0.3, 0.4) is 0 Å². The quantitative estimate of drug-likeness (QED) is 0.311. The third kappa shape index (κ3) is 7.10. The summed E-state index contributed by atoms with van der Waals surface area (Å²) in [6.45, 7) is 12.8. The van der Waals surface area contributed by atoms with Crippen molar-refractivity contribution >= 4 is 29.9 Å². The molecule has 3 rings (SSSR count). The van der Waals surface area contributed by atoms with Crippen LogP contribution in [0.2, 0.25) is 0 Å². The topological polar surface area (TPSA) is 61.8 Å². The number of ether oxygens (including phenoxy) is 3. The normalized spacial score (nSPS) is 21.6. The number of rotatable bonds is 7. The molecule has 0 aromatic heterocycles. The van der Waals surface area contributed by atoms with E-state index in [1.54, 1.807) is 14.2 Å². The second kappa shape index (κ2) is 13.4. The van der Waals surface area contributed by atoms with Gasteiger partial charge in [0, 0.05) is 70.5 Å². The molecule has 1 aromatic carbocycles. The zero-order valence-electron chi connectivity index (χ0n) is 20.2. The van der Waals surface area contributed by atoms with Crippen LogP contribution in [0, 0.1) is 0 Å². The maximum Gasteiger partial charge on any atom is 0.193 e. The van der Waals surface area contributed by atoms with Crippen LogP contribution in [0.15, 0.2) is 23.2 Å². The van der Waals surface area contributed by atoms with E-state index in [4.69, 9.17) is 14.2 Å². The molecule has 2 fully saturated rings. The van der Waals surface area contributed by atoms with Gasteiger partial charge in [-0.3, -0.25) is 14.8 Å². The largest absolute Gasteiger partial charge is 0.497 e. The average Bonchev–Trinajstić information content (AvgIpc) is 2.80. The molecule has 2 saturated heterocycles. The van der Waals surface area contributed by atoms with Crippen LogP contribution >= 0.6 is 24.0 Å². The fraction of sp³-hybridized carbons (Fsp3) is 0.696. The minimum Gasteiger partial charge on any atom is -0.497 e. The molecular weight excluding hydrogens is 521 g/mol. The van der Waals surface area contributed by atoms with Crippen molar-refractivity contribution in [3.8, 4) is 11.5 Å². The molecule has 2 aliphatic rings. The molecular formula is C23H40IN5O3. The van der Waals surface area contributed by atoms with Crippen molar-refractivity contribution in [1.82, 2.24) is 20.0 Å². The van der Waals surface area contributed by atoms with Gasteiger partial charge in [-0.15, -0.1) is 24.0 Å². The minimum atomic E-state index is 0. The van der Waals surface area contributed by atoms with Gasteiger partial charge in [-0.05, 0) is 32.0 Å². The Hall–Kier alpha value is -1.30. The highest BCUT2D eigenvalue weighted by atomic mass is 127. The molecule has 2 unspecified atom stereocenters. The van der Waals surface area contributed by atoms with E-state index in [0.29, 0.717) is 12.1 Å². The predicted octanol–water partition coefficient (Wildman–Crippen LogP) is 2.12. The van der Waals surface area contributed by atoms with E-state index in [1.807, 2.05) is 19.2 Å². The fourth-order valence-electron chi connectivity index (χ4n) is 4.45. The summed E-state index contributed by atoms with van der Waals surface area (Å²) in [6, 6.07) is 6.89. The van der Waals surface area contributed by atoms with E-state index >= 15 is 0 Å². The standard InChI is InChI=1S/C23H39N5O3.HI/c1-18(28-12-13-31-17-19(28)2)15-25-23(24-3)27-10-8-26(9-11-27)16-20-14-21(29-4)6-7-22(20)30-5;/h6-7,14,18-19H,8-13,15-17H2,1-5H3,(H,24,25);1H. The Bertz CT molecular complexity index is 728. The highest BCUT2D eigenvalue weighted by Crippen LogP contribution is 2.25. The smallest absolute Gasteiger partial charge is 0.193 e. The van der Waals surface area contributed by atoms with Crippen molar-refractivity contribution < 1.29 is 14.2 Å². The number of methoxy groups -OCH3 is 2. The molecule has 8 nitrogen and oxygen atoms in total. The van der Waals surface area contributed by atoms with Crippen LogP contribution in [-0.4, -0.2) is 106 Å². The molecule has 2 atom stereocenters. The first-order chi connectivity index (χ1) is 15.0. The van der Waals surface area contributed by atoms with Crippen molar-refractivity contribution in [2.45, 2.75) is 32.5 Å². The second-order valence-corrected chi connectivity index (χ2v) is 8.38. The Labute approximate surface area is 210 Å². The molecule has 1 aromatic rings. The Morgan fingerprint density at radius 1 is 1.19 bits per heavy atom. The monoisotopic (exact) mass is 561 g/mol. The first-order valence-electron chi connectivity index (χ1n) is 11.3. The van der Waals surface area contributed by atoms with E-state index in [2.05, 4.69) is 44.9 Å². The molecule has 0 spiro atoms. The number of benzene rings is 1. The third-order valence-electron chi connectivity index (χ3n) is 6.31. The predicted molar refractivity (Wildman–Crippen MR) is 140 cm³/mol. The molecule has 1 N–H and O–H groups in total. The number of hydrogen-bond acceptors (Lipinski definition) is 6. The minimum absolute atomic E-state index is 0.